The van der Waals surface area contributed by atoms with Crippen molar-refractivity contribution in [2.45, 2.75) is 13.3 Å². The Bertz CT molecular complexity index is 268. The molecule has 0 aromatic rings. The summed E-state index contributed by atoms with van der Waals surface area (Å²) < 4.78 is 4.55. The summed E-state index contributed by atoms with van der Waals surface area (Å²) in [6, 6.07) is 0. The average Bonchev–Trinajstić information content (AvgIpc) is 2.15. The van der Waals surface area contributed by atoms with Gasteiger partial charge in [-0.1, -0.05) is 19.1 Å². The van der Waals surface area contributed by atoms with Crippen LogP contribution in [0.4, 0.5) is 0 Å². The molecule has 0 saturated carbocycles. The summed E-state index contributed by atoms with van der Waals surface area (Å²) in [5, 5.41) is 0. The highest BCUT2D eigenvalue weighted by Gasteiger charge is 2.18. The molecule has 0 spiro atoms. The van der Waals surface area contributed by atoms with Gasteiger partial charge in [0.1, 0.15) is 0 Å². The molecule has 0 aliphatic rings. The van der Waals surface area contributed by atoms with Gasteiger partial charge >= 0.3 is 5.97 Å². The van der Waals surface area contributed by atoms with Crippen molar-refractivity contribution < 1.29 is 14.3 Å². The van der Waals surface area contributed by atoms with E-state index in [9.17, 15) is 9.59 Å². The lowest BCUT2D eigenvalue weighted by atomic mass is 10.1. The van der Waals surface area contributed by atoms with Crippen LogP contribution in [-0.4, -0.2) is 42.5 Å². The number of carbonyl (C=O) groups excluding carboxylic acids is 2. The molecule has 0 saturated heterocycles. The number of rotatable bonds is 5. The molecule has 6 heteroatoms. The van der Waals surface area contributed by atoms with Crippen molar-refractivity contribution in [1.29, 1.82) is 0 Å². The van der Waals surface area contributed by atoms with Crippen LogP contribution in [0, 0.1) is 5.92 Å². The summed E-state index contributed by atoms with van der Waals surface area (Å²) >= 11 is 4.62. The molecule has 86 valence electrons. The number of ether oxygens (including phenoxy) is 1. The van der Waals surface area contributed by atoms with Gasteiger partial charge in [-0.2, -0.15) is 0 Å². The van der Waals surface area contributed by atoms with Gasteiger partial charge in [0, 0.05) is 13.6 Å². The molecular weight excluding hydrogens is 216 g/mol. The lowest BCUT2D eigenvalue weighted by Gasteiger charge is -2.19. The molecule has 0 aliphatic heterocycles. The maximum Gasteiger partial charge on any atom is 0.310 e. The maximum absolute atomic E-state index is 11.4. The Kier molecular flexibility index (Phi) is 5.84. The first-order valence-corrected chi connectivity index (χ1v) is 4.89. The molecule has 0 aromatic carbocycles. The molecule has 2 N–H and O–H groups in total. The molecule has 1 unspecified atom stereocenters. The summed E-state index contributed by atoms with van der Waals surface area (Å²) in [5.41, 5.74) is 5.24. The number of hydrogen-bond acceptors (Lipinski definition) is 4. The van der Waals surface area contributed by atoms with Gasteiger partial charge in [0.15, 0.2) is 0 Å². The summed E-state index contributed by atoms with van der Waals surface area (Å²) in [6.07, 6.45) is 0.0275. The van der Waals surface area contributed by atoms with Crippen molar-refractivity contribution >= 4 is 29.1 Å². The minimum absolute atomic E-state index is 0.0275. The SMILES string of the molecule is COC(=O)C(C)CN(C)C(=O)CC(N)=S. The lowest BCUT2D eigenvalue weighted by Crippen LogP contribution is -2.35. The van der Waals surface area contributed by atoms with E-state index in [1.54, 1.807) is 14.0 Å². The maximum atomic E-state index is 11.4. The lowest BCUT2D eigenvalue weighted by molar-refractivity contribution is -0.146. The highest BCUT2D eigenvalue weighted by molar-refractivity contribution is 7.80. The first-order chi connectivity index (χ1) is 6.88. The molecular formula is C9H16N2O3S. The van der Waals surface area contributed by atoms with Crippen molar-refractivity contribution in [1.82, 2.24) is 4.90 Å². The van der Waals surface area contributed by atoms with E-state index in [1.165, 1.54) is 12.0 Å². The van der Waals surface area contributed by atoms with E-state index in [1.807, 2.05) is 0 Å². The topological polar surface area (TPSA) is 72.6 Å². The first kappa shape index (κ1) is 13.8. The summed E-state index contributed by atoms with van der Waals surface area (Å²) in [4.78, 5) is 24.1. The number of amides is 1. The van der Waals surface area contributed by atoms with Gasteiger partial charge in [-0.15, -0.1) is 0 Å². The second-order valence-electron chi connectivity index (χ2n) is 3.34. The molecule has 5 nitrogen and oxygen atoms in total. The van der Waals surface area contributed by atoms with E-state index in [2.05, 4.69) is 17.0 Å². The second kappa shape index (κ2) is 6.34. The second-order valence-corrected chi connectivity index (χ2v) is 3.87. The van der Waals surface area contributed by atoms with Crippen molar-refractivity contribution in [2.24, 2.45) is 11.7 Å². The van der Waals surface area contributed by atoms with Crippen LogP contribution in [0.1, 0.15) is 13.3 Å². The number of nitrogens with two attached hydrogens (primary N) is 1. The van der Waals surface area contributed by atoms with Gasteiger partial charge in [-0.05, 0) is 0 Å². The van der Waals surface area contributed by atoms with Crippen LogP contribution in [0.25, 0.3) is 0 Å². The standard InChI is InChI=1S/C9H16N2O3S/c1-6(9(13)14-3)5-11(2)8(12)4-7(10)15/h6H,4-5H2,1-3H3,(H2,10,15). The molecule has 0 rings (SSSR count). The van der Waals surface area contributed by atoms with Crippen molar-refractivity contribution in [2.75, 3.05) is 20.7 Å². The summed E-state index contributed by atoms with van der Waals surface area (Å²) in [5.74, 6) is -0.890. The molecule has 0 radical (unpaired) electrons. The van der Waals surface area contributed by atoms with Crippen LogP contribution < -0.4 is 5.73 Å². The zero-order chi connectivity index (χ0) is 12.0. The molecule has 0 aliphatic carbocycles. The normalized spacial score (nSPS) is 11.7. The molecule has 15 heavy (non-hydrogen) atoms. The summed E-state index contributed by atoms with van der Waals surface area (Å²) in [6.45, 7) is 1.99. The van der Waals surface area contributed by atoms with Gasteiger partial charge in [-0.25, -0.2) is 0 Å². The van der Waals surface area contributed by atoms with Crippen LogP contribution in [0.15, 0.2) is 0 Å². The monoisotopic (exact) mass is 232 g/mol. The Balaban J connectivity index is 4.12. The highest BCUT2D eigenvalue weighted by atomic mass is 32.1. The minimum Gasteiger partial charge on any atom is -0.469 e. The van der Waals surface area contributed by atoms with E-state index in [0.717, 1.165) is 0 Å². The third kappa shape index (κ3) is 5.31. The Morgan fingerprint density at radius 3 is 2.47 bits per heavy atom. The van der Waals surface area contributed by atoms with Crippen LogP contribution in [0.5, 0.6) is 0 Å². The first-order valence-electron chi connectivity index (χ1n) is 4.48. The highest BCUT2D eigenvalue weighted by Crippen LogP contribution is 2.02. The fraction of sp³-hybridized carbons (Fsp3) is 0.667. The van der Waals surface area contributed by atoms with Crippen LogP contribution in [0.2, 0.25) is 0 Å². The number of nitrogens with zero attached hydrogens (tertiary/aromatic N) is 1. The fourth-order valence-electron chi connectivity index (χ4n) is 1.07. The van der Waals surface area contributed by atoms with E-state index in [4.69, 9.17) is 5.73 Å². The fourth-order valence-corrected chi connectivity index (χ4v) is 1.20. The largest absolute Gasteiger partial charge is 0.469 e. The summed E-state index contributed by atoms with van der Waals surface area (Å²) in [7, 11) is 2.91. The molecule has 0 aromatic heterocycles. The number of methoxy groups -OCH3 is 1. The Hall–Kier alpha value is -1.17. The molecule has 0 fully saturated rings. The van der Waals surface area contributed by atoms with Crippen LogP contribution in [0.3, 0.4) is 0 Å². The Morgan fingerprint density at radius 2 is 2.07 bits per heavy atom. The smallest absolute Gasteiger partial charge is 0.310 e. The molecule has 1 atom stereocenters. The predicted molar refractivity (Wildman–Crippen MR) is 60.2 cm³/mol. The zero-order valence-corrected chi connectivity index (χ0v) is 9.97. The number of carbonyl (C=O) groups is 2. The number of hydrogen-bond donors (Lipinski definition) is 1. The third-order valence-electron chi connectivity index (χ3n) is 1.90. The van der Waals surface area contributed by atoms with Gasteiger partial charge < -0.3 is 15.4 Å². The van der Waals surface area contributed by atoms with E-state index < -0.39 is 0 Å². The van der Waals surface area contributed by atoms with Gasteiger partial charge in [-0.3, -0.25) is 9.59 Å². The average molecular weight is 232 g/mol. The third-order valence-corrected chi connectivity index (χ3v) is 2.05. The molecule has 0 bridgehead atoms. The van der Waals surface area contributed by atoms with E-state index in [-0.39, 0.29) is 29.2 Å². The van der Waals surface area contributed by atoms with Crippen molar-refractivity contribution in [3.05, 3.63) is 0 Å². The van der Waals surface area contributed by atoms with Gasteiger partial charge in [0.2, 0.25) is 5.91 Å². The van der Waals surface area contributed by atoms with E-state index >= 15 is 0 Å². The Labute approximate surface area is 94.6 Å². The van der Waals surface area contributed by atoms with Crippen molar-refractivity contribution in [3.8, 4) is 0 Å². The van der Waals surface area contributed by atoms with Gasteiger partial charge in [0.25, 0.3) is 0 Å². The molecule has 1 amide bonds. The van der Waals surface area contributed by atoms with Crippen LogP contribution >= 0.6 is 12.2 Å². The number of esters is 1. The molecule has 0 heterocycles. The predicted octanol–water partition coefficient (Wildman–Crippen LogP) is -0.0699. The van der Waals surface area contributed by atoms with E-state index in [0.29, 0.717) is 6.54 Å². The quantitative estimate of drug-likeness (QED) is 0.530. The Morgan fingerprint density at radius 1 is 1.53 bits per heavy atom. The van der Waals surface area contributed by atoms with Gasteiger partial charge in [0.05, 0.1) is 24.4 Å². The minimum atomic E-state index is -0.352. The van der Waals surface area contributed by atoms with Crippen LogP contribution in [-0.2, 0) is 14.3 Å². The zero-order valence-electron chi connectivity index (χ0n) is 9.15. The number of thiocarbonyl (C=S) groups is 1. The van der Waals surface area contributed by atoms with Crippen molar-refractivity contribution in [3.63, 3.8) is 0 Å².